The second-order valence-corrected chi connectivity index (χ2v) is 4.56. The van der Waals surface area contributed by atoms with Gasteiger partial charge in [0.1, 0.15) is 6.29 Å². The molecule has 1 heterocycles. The summed E-state index contributed by atoms with van der Waals surface area (Å²) in [5, 5.41) is 2.68. The normalized spacial score (nSPS) is 13.1. The summed E-state index contributed by atoms with van der Waals surface area (Å²) in [7, 11) is 0. The standard InChI is InChI=1S/C13H10O.C4H7NO/c14-10-11-6-8-13(9-7-11)12-4-2-1-3-5-12;6-4-2-1-3-5-4/h1-10H;1-3H2,(H,5,6). The van der Waals surface area contributed by atoms with Crippen molar-refractivity contribution >= 4 is 12.2 Å². The van der Waals surface area contributed by atoms with Crippen LogP contribution in [-0.4, -0.2) is 18.7 Å². The van der Waals surface area contributed by atoms with Gasteiger partial charge in [0.25, 0.3) is 0 Å². The third-order valence-corrected chi connectivity index (χ3v) is 3.06. The van der Waals surface area contributed by atoms with E-state index in [1.807, 2.05) is 42.5 Å². The van der Waals surface area contributed by atoms with Gasteiger partial charge in [0.2, 0.25) is 5.91 Å². The van der Waals surface area contributed by atoms with Gasteiger partial charge in [-0.1, -0.05) is 54.6 Å². The van der Waals surface area contributed by atoms with Crippen molar-refractivity contribution in [2.24, 2.45) is 0 Å². The van der Waals surface area contributed by atoms with E-state index in [2.05, 4.69) is 17.4 Å². The lowest BCUT2D eigenvalue weighted by Crippen LogP contribution is -2.12. The van der Waals surface area contributed by atoms with Gasteiger partial charge in [-0.25, -0.2) is 0 Å². The number of carbonyl (C=O) groups is 2. The lowest BCUT2D eigenvalue weighted by Gasteiger charge is -2.00. The van der Waals surface area contributed by atoms with E-state index in [1.165, 1.54) is 5.56 Å². The van der Waals surface area contributed by atoms with Crippen LogP contribution in [0.4, 0.5) is 0 Å². The molecule has 2 aromatic rings. The van der Waals surface area contributed by atoms with Crippen molar-refractivity contribution in [1.29, 1.82) is 0 Å². The van der Waals surface area contributed by atoms with Gasteiger partial charge in [0, 0.05) is 18.5 Å². The van der Waals surface area contributed by atoms with Crippen LogP contribution < -0.4 is 5.32 Å². The molecule has 2 aromatic carbocycles. The highest BCUT2D eigenvalue weighted by Crippen LogP contribution is 2.18. The SMILES string of the molecule is O=C1CCCN1.O=Cc1ccc(-c2ccccc2)cc1. The smallest absolute Gasteiger partial charge is 0.220 e. The Bertz CT molecular complexity index is 553. The fraction of sp³-hybridized carbons (Fsp3) is 0.176. The zero-order valence-electron chi connectivity index (χ0n) is 11.2. The van der Waals surface area contributed by atoms with Gasteiger partial charge in [0.15, 0.2) is 0 Å². The van der Waals surface area contributed by atoms with Gasteiger partial charge in [-0.05, 0) is 17.5 Å². The van der Waals surface area contributed by atoms with Gasteiger partial charge in [-0.3, -0.25) is 9.59 Å². The molecule has 1 aliphatic rings. The van der Waals surface area contributed by atoms with Gasteiger partial charge in [0.05, 0.1) is 0 Å². The lowest BCUT2D eigenvalue weighted by molar-refractivity contribution is -0.119. The maximum Gasteiger partial charge on any atom is 0.220 e. The van der Waals surface area contributed by atoms with E-state index in [0.717, 1.165) is 31.2 Å². The molecule has 102 valence electrons. The lowest BCUT2D eigenvalue weighted by atomic mass is 10.0. The first-order valence-corrected chi connectivity index (χ1v) is 6.67. The van der Waals surface area contributed by atoms with Crippen LogP contribution in [0.25, 0.3) is 11.1 Å². The molecule has 0 spiro atoms. The minimum Gasteiger partial charge on any atom is -0.356 e. The summed E-state index contributed by atoms with van der Waals surface area (Å²) < 4.78 is 0. The molecule has 0 aromatic heterocycles. The van der Waals surface area contributed by atoms with Crippen LogP contribution in [-0.2, 0) is 4.79 Å². The van der Waals surface area contributed by atoms with E-state index in [-0.39, 0.29) is 5.91 Å². The van der Waals surface area contributed by atoms with Crippen LogP contribution in [0, 0.1) is 0 Å². The number of amides is 1. The number of hydrogen-bond acceptors (Lipinski definition) is 2. The highest BCUT2D eigenvalue weighted by molar-refractivity contribution is 5.77. The Morgan fingerprint density at radius 2 is 1.55 bits per heavy atom. The quantitative estimate of drug-likeness (QED) is 0.850. The molecule has 3 heteroatoms. The summed E-state index contributed by atoms with van der Waals surface area (Å²) in [5.74, 6) is 0.204. The summed E-state index contributed by atoms with van der Waals surface area (Å²) in [4.78, 5) is 20.6. The Balaban J connectivity index is 0.000000205. The van der Waals surface area contributed by atoms with Gasteiger partial charge < -0.3 is 5.32 Å². The van der Waals surface area contributed by atoms with Crippen LogP contribution >= 0.6 is 0 Å². The average molecular weight is 267 g/mol. The molecule has 0 radical (unpaired) electrons. The van der Waals surface area contributed by atoms with Crippen molar-refractivity contribution in [2.75, 3.05) is 6.54 Å². The number of nitrogens with one attached hydrogen (secondary N) is 1. The van der Waals surface area contributed by atoms with Crippen LogP contribution in [0.15, 0.2) is 54.6 Å². The maximum atomic E-state index is 10.5. The predicted octanol–water partition coefficient (Wildman–Crippen LogP) is 3.06. The highest BCUT2D eigenvalue weighted by Gasteiger charge is 2.05. The zero-order valence-corrected chi connectivity index (χ0v) is 11.2. The van der Waals surface area contributed by atoms with E-state index in [9.17, 15) is 9.59 Å². The Morgan fingerprint density at radius 1 is 0.900 bits per heavy atom. The van der Waals surface area contributed by atoms with Crippen molar-refractivity contribution < 1.29 is 9.59 Å². The first-order valence-electron chi connectivity index (χ1n) is 6.67. The molecule has 1 aliphatic heterocycles. The molecule has 1 fully saturated rings. The molecule has 0 unspecified atom stereocenters. The fourth-order valence-electron chi connectivity index (χ4n) is 1.95. The predicted molar refractivity (Wildman–Crippen MR) is 79.5 cm³/mol. The molecule has 0 saturated carbocycles. The maximum absolute atomic E-state index is 10.5. The second-order valence-electron chi connectivity index (χ2n) is 4.56. The summed E-state index contributed by atoms with van der Waals surface area (Å²) in [6.45, 7) is 0.888. The zero-order chi connectivity index (χ0) is 14.2. The van der Waals surface area contributed by atoms with Crippen molar-refractivity contribution in [3.63, 3.8) is 0 Å². The molecular weight excluding hydrogens is 250 g/mol. The van der Waals surface area contributed by atoms with Crippen LogP contribution in [0.1, 0.15) is 23.2 Å². The third kappa shape index (κ3) is 4.05. The monoisotopic (exact) mass is 267 g/mol. The van der Waals surface area contributed by atoms with E-state index >= 15 is 0 Å². The summed E-state index contributed by atoms with van der Waals surface area (Å²) in [6, 6.07) is 17.7. The van der Waals surface area contributed by atoms with Crippen LogP contribution in [0.2, 0.25) is 0 Å². The van der Waals surface area contributed by atoms with Crippen molar-refractivity contribution in [3.8, 4) is 11.1 Å². The molecule has 0 atom stereocenters. The number of carbonyl (C=O) groups excluding carboxylic acids is 2. The molecule has 1 N–H and O–H groups in total. The van der Waals surface area contributed by atoms with Crippen LogP contribution in [0.5, 0.6) is 0 Å². The molecule has 3 nitrogen and oxygen atoms in total. The highest BCUT2D eigenvalue weighted by atomic mass is 16.1. The molecule has 0 aliphatic carbocycles. The Morgan fingerprint density at radius 3 is 2.00 bits per heavy atom. The minimum absolute atomic E-state index is 0.204. The number of hydrogen-bond donors (Lipinski definition) is 1. The van der Waals surface area contributed by atoms with Crippen molar-refractivity contribution in [1.82, 2.24) is 5.32 Å². The summed E-state index contributed by atoms with van der Waals surface area (Å²) >= 11 is 0. The molecule has 0 bridgehead atoms. The summed E-state index contributed by atoms with van der Waals surface area (Å²) in [6.07, 6.45) is 2.62. The topological polar surface area (TPSA) is 46.2 Å². The average Bonchev–Trinajstić information content (AvgIpc) is 3.00. The van der Waals surface area contributed by atoms with E-state index in [1.54, 1.807) is 0 Å². The minimum atomic E-state index is 0.204. The fourth-order valence-corrected chi connectivity index (χ4v) is 1.95. The van der Waals surface area contributed by atoms with Crippen molar-refractivity contribution in [2.45, 2.75) is 12.8 Å². The third-order valence-electron chi connectivity index (χ3n) is 3.06. The number of benzene rings is 2. The molecule has 1 amide bonds. The Kier molecular flexibility index (Phi) is 5.07. The number of rotatable bonds is 2. The Hall–Kier alpha value is -2.42. The molecule has 1 saturated heterocycles. The molecular formula is C17H17NO2. The first-order chi connectivity index (χ1) is 9.79. The largest absolute Gasteiger partial charge is 0.356 e. The first kappa shape index (κ1) is 14.0. The van der Waals surface area contributed by atoms with E-state index < -0.39 is 0 Å². The van der Waals surface area contributed by atoms with Crippen LogP contribution in [0.3, 0.4) is 0 Å². The van der Waals surface area contributed by atoms with Gasteiger partial charge in [-0.15, -0.1) is 0 Å². The van der Waals surface area contributed by atoms with Gasteiger partial charge >= 0.3 is 0 Å². The molecule has 3 rings (SSSR count). The van der Waals surface area contributed by atoms with E-state index in [0.29, 0.717) is 5.56 Å². The van der Waals surface area contributed by atoms with Crippen molar-refractivity contribution in [3.05, 3.63) is 60.2 Å². The summed E-state index contributed by atoms with van der Waals surface area (Å²) in [5.41, 5.74) is 3.02. The van der Waals surface area contributed by atoms with Gasteiger partial charge in [-0.2, -0.15) is 0 Å². The second kappa shape index (κ2) is 7.24. The number of aldehydes is 1. The Labute approximate surface area is 118 Å². The molecule has 20 heavy (non-hydrogen) atoms. The van der Waals surface area contributed by atoms with E-state index in [4.69, 9.17) is 0 Å².